The molecule has 0 saturated heterocycles. The Morgan fingerprint density at radius 1 is 0.929 bits per heavy atom. The van der Waals surface area contributed by atoms with Crippen LogP contribution in [-0.2, 0) is 32.6 Å². The molecule has 3 aromatic rings. The summed E-state index contributed by atoms with van der Waals surface area (Å²) in [5, 5.41) is 3.03. The van der Waals surface area contributed by atoms with Gasteiger partial charge in [0.25, 0.3) is 0 Å². The Balaban J connectivity index is 2.11. The maximum atomic E-state index is 14.3. The number of benzene rings is 3. The van der Waals surface area contributed by atoms with Crippen molar-refractivity contribution < 1.29 is 27.5 Å². The molecule has 10 heteroatoms. The molecule has 42 heavy (non-hydrogen) atoms. The molecule has 0 aliphatic carbocycles. The van der Waals surface area contributed by atoms with Crippen molar-refractivity contribution in [3.63, 3.8) is 0 Å². The minimum absolute atomic E-state index is 0.109. The summed E-state index contributed by atoms with van der Waals surface area (Å²) in [7, 11) is -1.07. The Kier molecular flexibility index (Phi) is 11.4. The molecule has 2 amide bonds. The molecule has 9 nitrogen and oxygen atoms in total. The number of ether oxygens (including phenoxy) is 2. The third kappa shape index (κ3) is 8.72. The average molecular weight is 596 g/mol. The minimum Gasteiger partial charge on any atom is -0.497 e. The van der Waals surface area contributed by atoms with E-state index in [9.17, 15) is 18.0 Å². The lowest BCUT2D eigenvalue weighted by atomic mass is 10.0. The van der Waals surface area contributed by atoms with Crippen LogP contribution in [0.25, 0.3) is 0 Å². The second-order valence-electron chi connectivity index (χ2n) is 10.3. The zero-order chi connectivity index (χ0) is 30.9. The van der Waals surface area contributed by atoms with Crippen LogP contribution < -0.4 is 19.1 Å². The Hall–Kier alpha value is -4.05. The third-order valence-electron chi connectivity index (χ3n) is 7.08. The van der Waals surface area contributed by atoms with Gasteiger partial charge in [0, 0.05) is 25.1 Å². The van der Waals surface area contributed by atoms with E-state index in [0.717, 1.165) is 27.3 Å². The molecule has 3 rings (SSSR count). The number of aryl methyl sites for hydroxylation is 1. The van der Waals surface area contributed by atoms with Gasteiger partial charge in [-0.1, -0.05) is 67.1 Å². The number of amides is 2. The van der Waals surface area contributed by atoms with Crippen LogP contribution in [0, 0.1) is 6.92 Å². The second-order valence-corrected chi connectivity index (χ2v) is 12.2. The monoisotopic (exact) mass is 595 g/mol. The summed E-state index contributed by atoms with van der Waals surface area (Å²) in [6, 6.07) is 20.9. The van der Waals surface area contributed by atoms with Gasteiger partial charge in [0.2, 0.25) is 21.8 Å². The highest BCUT2D eigenvalue weighted by molar-refractivity contribution is 7.92. The van der Waals surface area contributed by atoms with Gasteiger partial charge in [-0.25, -0.2) is 8.42 Å². The maximum Gasteiger partial charge on any atom is 0.244 e. The van der Waals surface area contributed by atoms with Crippen LogP contribution in [0.2, 0.25) is 0 Å². The van der Waals surface area contributed by atoms with E-state index in [0.29, 0.717) is 12.2 Å². The number of hydrogen-bond donors (Lipinski definition) is 1. The summed E-state index contributed by atoms with van der Waals surface area (Å²) in [6.07, 6.45) is 2.00. The molecular formula is C32H41N3O6S. The lowest BCUT2D eigenvalue weighted by Gasteiger charge is -2.34. The Morgan fingerprint density at radius 2 is 1.60 bits per heavy atom. The van der Waals surface area contributed by atoms with Crippen molar-refractivity contribution in [3.8, 4) is 11.5 Å². The van der Waals surface area contributed by atoms with E-state index in [1.807, 2.05) is 75.4 Å². The molecule has 0 aliphatic rings. The van der Waals surface area contributed by atoms with E-state index in [1.54, 1.807) is 12.1 Å². The molecule has 0 aromatic heterocycles. The topological polar surface area (TPSA) is 105 Å². The first-order chi connectivity index (χ1) is 20.0. The van der Waals surface area contributed by atoms with Crippen LogP contribution in [0.1, 0.15) is 37.0 Å². The second kappa shape index (κ2) is 14.7. The summed E-state index contributed by atoms with van der Waals surface area (Å²) >= 11 is 0. The van der Waals surface area contributed by atoms with E-state index >= 15 is 0 Å². The van der Waals surface area contributed by atoms with Gasteiger partial charge in [-0.05, 0) is 43.5 Å². The van der Waals surface area contributed by atoms with Crippen LogP contribution in [-0.4, -0.2) is 64.2 Å². The van der Waals surface area contributed by atoms with Crippen molar-refractivity contribution in [1.82, 2.24) is 10.2 Å². The number of carbonyl (C=O) groups is 2. The Morgan fingerprint density at radius 3 is 2.17 bits per heavy atom. The predicted molar refractivity (Wildman–Crippen MR) is 165 cm³/mol. The summed E-state index contributed by atoms with van der Waals surface area (Å²) in [6.45, 7) is 5.41. The normalized spacial score (nSPS) is 12.6. The molecule has 0 heterocycles. The molecule has 0 saturated carbocycles. The number of sulfonamides is 1. The largest absolute Gasteiger partial charge is 0.497 e. The fourth-order valence-corrected chi connectivity index (χ4v) is 5.32. The first kappa shape index (κ1) is 32.5. The SMILES string of the molecule is CCC(C)NC(=O)C(Cc1ccccc1)N(Cc1ccc(C)cc1)C(=O)CN(c1cc(OC)ccc1OC)S(C)(=O)=O. The number of carbonyl (C=O) groups excluding carboxylic acids is 2. The number of nitrogens with one attached hydrogen (secondary N) is 1. The molecule has 1 N–H and O–H groups in total. The van der Waals surface area contributed by atoms with E-state index in [2.05, 4.69) is 5.32 Å². The van der Waals surface area contributed by atoms with Crippen molar-refractivity contribution in [2.45, 2.75) is 52.2 Å². The predicted octanol–water partition coefficient (Wildman–Crippen LogP) is 4.33. The van der Waals surface area contributed by atoms with Crippen molar-refractivity contribution in [2.75, 3.05) is 31.3 Å². The Bertz CT molecular complexity index is 1440. The molecule has 0 bridgehead atoms. The fraction of sp³-hybridized carbons (Fsp3) is 0.375. The Labute approximate surface area is 249 Å². The number of methoxy groups -OCH3 is 2. The maximum absolute atomic E-state index is 14.3. The van der Waals surface area contributed by atoms with Gasteiger partial charge in [-0.15, -0.1) is 0 Å². The van der Waals surface area contributed by atoms with Gasteiger partial charge >= 0.3 is 0 Å². The van der Waals surface area contributed by atoms with Crippen LogP contribution in [0.5, 0.6) is 11.5 Å². The molecule has 0 aliphatic heterocycles. The van der Waals surface area contributed by atoms with Gasteiger partial charge < -0.3 is 19.7 Å². The molecular weight excluding hydrogens is 554 g/mol. The van der Waals surface area contributed by atoms with Crippen LogP contribution >= 0.6 is 0 Å². The number of anilines is 1. The standard InChI is InChI=1S/C32H41N3O6S/c1-7-24(3)33-32(37)29(19-25-11-9-8-10-12-25)34(21-26-15-13-23(2)14-16-26)31(36)22-35(42(6,38)39)28-20-27(40-4)17-18-30(28)41-5/h8-18,20,24,29H,7,19,21-22H2,1-6H3,(H,33,37). The summed E-state index contributed by atoms with van der Waals surface area (Å²) in [5.74, 6) is -0.183. The van der Waals surface area contributed by atoms with Crippen molar-refractivity contribution in [2.24, 2.45) is 0 Å². The molecule has 2 atom stereocenters. The fourth-order valence-electron chi connectivity index (χ4n) is 4.47. The highest BCUT2D eigenvalue weighted by Gasteiger charge is 2.34. The smallest absolute Gasteiger partial charge is 0.244 e. The van der Waals surface area contributed by atoms with Gasteiger partial charge in [0.05, 0.1) is 26.2 Å². The minimum atomic E-state index is -3.96. The molecule has 3 aromatic carbocycles. The molecule has 0 spiro atoms. The van der Waals surface area contributed by atoms with Gasteiger partial charge in [0.1, 0.15) is 24.1 Å². The van der Waals surface area contributed by atoms with Gasteiger partial charge in [-0.3, -0.25) is 13.9 Å². The van der Waals surface area contributed by atoms with Crippen molar-refractivity contribution in [3.05, 3.63) is 89.5 Å². The molecule has 2 unspecified atom stereocenters. The van der Waals surface area contributed by atoms with E-state index < -0.39 is 28.5 Å². The molecule has 0 radical (unpaired) electrons. The highest BCUT2D eigenvalue weighted by Crippen LogP contribution is 2.34. The van der Waals surface area contributed by atoms with Crippen molar-refractivity contribution >= 4 is 27.5 Å². The van der Waals surface area contributed by atoms with E-state index in [1.165, 1.54) is 25.2 Å². The highest BCUT2D eigenvalue weighted by atomic mass is 32.2. The van der Waals surface area contributed by atoms with Crippen LogP contribution in [0.15, 0.2) is 72.8 Å². The summed E-state index contributed by atoms with van der Waals surface area (Å²) < 4.78 is 38.0. The summed E-state index contributed by atoms with van der Waals surface area (Å²) in [4.78, 5) is 29.5. The number of rotatable bonds is 14. The van der Waals surface area contributed by atoms with Gasteiger partial charge in [-0.2, -0.15) is 0 Å². The quantitative estimate of drug-likeness (QED) is 0.298. The lowest BCUT2D eigenvalue weighted by Crippen LogP contribution is -2.54. The van der Waals surface area contributed by atoms with E-state index in [4.69, 9.17) is 9.47 Å². The van der Waals surface area contributed by atoms with E-state index in [-0.39, 0.29) is 36.4 Å². The zero-order valence-electron chi connectivity index (χ0n) is 25.2. The van der Waals surface area contributed by atoms with Crippen LogP contribution in [0.4, 0.5) is 5.69 Å². The lowest BCUT2D eigenvalue weighted by molar-refractivity contribution is -0.140. The van der Waals surface area contributed by atoms with Crippen molar-refractivity contribution in [1.29, 1.82) is 0 Å². The third-order valence-corrected chi connectivity index (χ3v) is 8.21. The number of nitrogens with zero attached hydrogens (tertiary/aromatic N) is 2. The molecule has 0 fully saturated rings. The molecule has 226 valence electrons. The summed E-state index contributed by atoms with van der Waals surface area (Å²) in [5.41, 5.74) is 2.90. The van der Waals surface area contributed by atoms with Gasteiger partial charge in [0.15, 0.2) is 0 Å². The first-order valence-corrected chi connectivity index (χ1v) is 15.7. The zero-order valence-corrected chi connectivity index (χ0v) is 26.0. The average Bonchev–Trinajstić information content (AvgIpc) is 2.97. The first-order valence-electron chi connectivity index (χ1n) is 13.9. The number of hydrogen-bond acceptors (Lipinski definition) is 6. The van der Waals surface area contributed by atoms with Crippen LogP contribution in [0.3, 0.4) is 0 Å².